The minimum Gasteiger partial charge on any atom is -0.381 e. The van der Waals surface area contributed by atoms with Gasteiger partial charge in [0.15, 0.2) is 0 Å². The van der Waals surface area contributed by atoms with Crippen LogP contribution < -0.4 is 5.32 Å². The second-order valence-corrected chi connectivity index (χ2v) is 4.99. The fourth-order valence-corrected chi connectivity index (χ4v) is 2.04. The van der Waals surface area contributed by atoms with Crippen LogP contribution in [0.25, 0.3) is 0 Å². The summed E-state index contributed by atoms with van der Waals surface area (Å²) in [4.78, 5) is 16.1. The Morgan fingerprint density at radius 1 is 1.65 bits per heavy atom. The van der Waals surface area contributed by atoms with Crippen molar-refractivity contribution in [1.29, 1.82) is 0 Å². The van der Waals surface area contributed by atoms with Crippen LogP contribution >= 0.6 is 15.9 Å². The van der Waals surface area contributed by atoms with E-state index in [1.165, 1.54) is 0 Å². The summed E-state index contributed by atoms with van der Waals surface area (Å²) in [5.41, 5.74) is 1.74. The molecule has 17 heavy (non-hydrogen) atoms. The standard InChI is InChI=1S/C12H15BrN2O2/c1-8-5-10(6-14-11(8)13)15-12(16)9-3-2-4-17-7-9/h5-6,9H,2-4,7H2,1H3,(H,15,16). The van der Waals surface area contributed by atoms with Crippen molar-refractivity contribution >= 4 is 27.5 Å². The van der Waals surface area contributed by atoms with Gasteiger partial charge < -0.3 is 10.1 Å². The molecule has 1 amide bonds. The molecule has 1 aromatic heterocycles. The molecule has 1 fully saturated rings. The van der Waals surface area contributed by atoms with Crippen molar-refractivity contribution in [2.45, 2.75) is 19.8 Å². The Kier molecular flexibility index (Phi) is 4.12. The zero-order valence-corrected chi connectivity index (χ0v) is 11.3. The predicted molar refractivity (Wildman–Crippen MR) is 68.8 cm³/mol. The van der Waals surface area contributed by atoms with Crippen LogP contribution in [0.2, 0.25) is 0 Å². The highest BCUT2D eigenvalue weighted by Crippen LogP contribution is 2.19. The summed E-state index contributed by atoms with van der Waals surface area (Å²) >= 11 is 3.33. The van der Waals surface area contributed by atoms with Crippen molar-refractivity contribution in [3.63, 3.8) is 0 Å². The van der Waals surface area contributed by atoms with Gasteiger partial charge in [0, 0.05) is 6.61 Å². The van der Waals surface area contributed by atoms with Crippen LogP contribution in [0.15, 0.2) is 16.9 Å². The van der Waals surface area contributed by atoms with Crippen LogP contribution in [0.4, 0.5) is 5.69 Å². The first-order valence-electron chi connectivity index (χ1n) is 5.67. The lowest BCUT2D eigenvalue weighted by molar-refractivity contribution is -0.123. The molecule has 92 valence electrons. The molecule has 1 aromatic rings. The molecule has 1 aliphatic rings. The third-order valence-corrected chi connectivity index (χ3v) is 3.64. The van der Waals surface area contributed by atoms with E-state index in [9.17, 15) is 4.79 Å². The molecule has 1 N–H and O–H groups in total. The van der Waals surface area contributed by atoms with Gasteiger partial charge in [0.05, 0.1) is 24.4 Å². The SMILES string of the molecule is Cc1cc(NC(=O)C2CCCOC2)cnc1Br. The van der Waals surface area contributed by atoms with Crippen molar-refractivity contribution in [2.75, 3.05) is 18.5 Å². The van der Waals surface area contributed by atoms with Crippen LogP contribution in [0.3, 0.4) is 0 Å². The van der Waals surface area contributed by atoms with Gasteiger partial charge >= 0.3 is 0 Å². The normalized spacial score (nSPS) is 20.0. The molecule has 1 atom stereocenters. The quantitative estimate of drug-likeness (QED) is 0.854. The average Bonchev–Trinajstić information content (AvgIpc) is 2.35. The zero-order chi connectivity index (χ0) is 12.3. The van der Waals surface area contributed by atoms with E-state index in [0.717, 1.165) is 35.3 Å². The van der Waals surface area contributed by atoms with Gasteiger partial charge in [-0.3, -0.25) is 4.79 Å². The van der Waals surface area contributed by atoms with Crippen LogP contribution in [-0.4, -0.2) is 24.1 Å². The fourth-order valence-electron chi connectivity index (χ4n) is 1.82. The molecule has 0 aromatic carbocycles. The maximum atomic E-state index is 11.9. The summed E-state index contributed by atoms with van der Waals surface area (Å²) in [6.07, 6.45) is 3.50. The number of nitrogens with zero attached hydrogens (tertiary/aromatic N) is 1. The molecular formula is C12H15BrN2O2. The van der Waals surface area contributed by atoms with Crippen LogP contribution in [0.1, 0.15) is 18.4 Å². The number of carbonyl (C=O) groups excluding carboxylic acids is 1. The van der Waals surface area contributed by atoms with Gasteiger partial charge in [0.2, 0.25) is 5.91 Å². The Bertz CT molecular complexity index is 417. The summed E-state index contributed by atoms with van der Waals surface area (Å²) in [5.74, 6) is -0.0130. The highest BCUT2D eigenvalue weighted by atomic mass is 79.9. The molecule has 0 radical (unpaired) electrons. The number of anilines is 1. The smallest absolute Gasteiger partial charge is 0.229 e. The lowest BCUT2D eigenvalue weighted by Gasteiger charge is -2.21. The Labute approximate surface area is 109 Å². The third kappa shape index (κ3) is 3.26. The first-order chi connectivity index (χ1) is 8.16. The van der Waals surface area contributed by atoms with Crippen molar-refractivity contribution in [1.82, 2.24) is 4.98 Å². The second kappa shape index (κ2) is 5.60. The van der Waals surface area contributed by atoms with E-state index in [0.29, 0.717) is 6.61 Å². The van der Waals surface area contributed by atoms with Gasteiger partial charge in [-0.25, -0.2) is 4.98 Å². The van der Waals surface area contributed by atoms with Crippen molar-refractivity contribution in [2.24, 2.45) is 5.92 Å². The monoisotopic (exact) mass is 298 g/mol. The number of amides is 1. The molecule has 0 aliphatic carbocycles. The van der Waals surface area contributed by atoms with E-state index >= 15 is 0 Å². The molecule has 2 rings (SSSR count). The van der Waals surface area contributed by atoms with Gasteiger partial charge in [-0.1, -0.05) is 0 Å². The summed E-state index contributed by atoms with van der Waals surface area (Å²) < 4.78 is 6.10. The lowest BCUT2D eigenvalue weighted by Crippen LogP contribution is -2.30. The fraction of sp³-hybridized carbons (Fsp3) is 0.500. The van der Waals surface area contributed by atoms with Crippen molar-refractivity contribution in [3.05, 3.63) is 22.4 Å². The molecule has 1 aliphatic heterocycles. The molecule has 2 heterocycles. The summed E-state index contributed by atoms with van der Waals surface area (Å²) in [7, 11) is 0. The number of nitrogens with one attached hydrogen (secondary N) is 1. The Hall–Kier alpha value is -0.940. The number of rotatable bonds is 2. The first kappa shape index (κ1) is 12.5. The molecule has 0 saturated carbocycles. The second-order valence-electron chi connectivity index (χ2n) is 4.24. The molecule has 4 nitrogen and oxygen atoms in total. The van der Waals surface area contributed by atoms with Crippen molar-refractivity contribution < 1.29 is 9.53 Å². The molecular weight excluding hydrogens is 284 g/mol. The van der Waals surface area contributed by atoms with Gasteiger partial charge in [-0.2, -0.15) is 0 Å². The molecule has 0 spiro atoms. The highest BCUT2D eigenvalue weighted by molar-refractivity contribution is 9.10. The summed E-state index contributed by atoms with van der Waals surface area (Å²) in [6, 6.07) is 1.90. The first-order valence-corrected chi connectivity index (χ1v) is 6.47. The van der Waals surface area contributed by atoms with E-state index in [4.69, 9.17) is 4.74 Å². The van der Waals surface area contributed by atoms with Crippen molar-refractivity contribution in [3.8, 4) is 0 Å². The Morgan fingerprint density at radius 3 is 3.12 bits per heavy atom. The van der Waals surface area contributed by atoms with Gasteiger partial charge in [0.1, 0.15) is 4.60 Å². The number of aromatic nitrogens is 1. The van der Waals surface area contributed by atoms with Gasteiger partial charge in [0.25, 0.3) is 0 Å². The minimum atomic E-state index is -0.0345. The van der Waals surface area contributed by atoms with Gasteiger partial charge in [-0.05, 0) is 47.3 Å². The maximum Gasteiger partial charge on any atom is 0.229 e. The molecule has 0 bridgehead atoms. The van der Waals surface area contributed by atoms with E-state index in [1.54, 1.807) is 6.20 Å². The summed E-state index contributed by atoms with van der Waals surface area (Å²) in [6.45, 7) is 3.23. The molecule has 5 heteroatoms. The van der Waals surface area contributed by atoms with E-state index in [2.05, 4.69) is 26.2 Å². The number of carbonyl (C=O) groups is 1. The largest absolute Gasteiger partial charge is 0.381 e. The number of hydrogen-bond donors (Lipinski definition) is 1. The Balaban J connectivity index is 1.99. The predicted octanol–water partition coefficient (Wildman–Crippen LogP) is 2.52. The number of hydrogen-bond acceptors (Lipinski definition) is 3. The summed E-state index contributed by atoms with van der Waals surface area (Å²) in [5, 5.41) is 2.88. The topological polar surface area (TPSA) is 51.2 Å². The van der Waals surface area contributed by atoms with Gasteiger partial charge in [-0.15, -0.1) is 0 Å². The Morgan fingerprint density at radius 2 is 2.47 bits per heavy atom. The van der Waals surface area contributed by atoms with Crippen LogP contribution in [-0.2, 0) is 9.53 Å². The maximum absolute atomic E-state index is 11.9. The minimum absolute atomic E-state index is 0.0215. The number of aryl methyl sites for hydroxylation is 1. The van der Waals surface area contributed by atoms with Crippen LogP contribution in [0, 0.1) is 12.8 Å². The number of pyridine rings is 1. The average molecular weight is 299 g/mol. The third-order valence-electron chi connectivity index (χ3n) is 2.81. The van der Waals surface area contributed by atoms with E-state index < -0.39 is 0 Å². The number of halogens is 1. The zero-order valence-electron chi connectivity index (χ0n) is 9.70. The number of ether oxygens (including phenoxy) is 1. The molecule has 1 saturated heterocycles. The highest BCUT2D eigenvalue weighted by Gasteiger charge is 2.21. The van der Waals surface area contributed by atoms with E-state index in [1.807, 2.05) is 13.0 Å². The molecule has 1 unspecified atom stereocenters. The van der Waals surface area contributed by atoms with E-state index in [-0.39, 0.29) is 11.8 Å². The van der Waals surface area contributed by atoms with Crippen LogP contribution in [0.5, 0.6) is 0 Å². The lowest BCUT2D eigenvalue weighted by atomic mass is 10.0.